The highest BCUT2D eigenvalue weighted by Gasteiger charge is 2.39. The van der Waals surface area contributed by atoms with Crippen molar-refractivity contribution in [3.63, 3.8) is 0 Å². The van der Waals surface area contributed by atoms with Crippen LogP contribution in [-0.4, -0.2) is 24.3 Å². The standard InChI is InChI=1S/C26H18Cl2F3N3O4/c1-2-38-18-9-7-17(8-10-18)34-24(36)21(28)22(25(34)37)32-15-5-3-4-14(12-15)23(35)33-16-6-11-20(27)19(13-16)26(29,30)31/h3-13,32H,2H2,1H3,(H,33,35). The lowest BCUT2D eigenvalue weighted by Crippen LogP contribution is -2.32. The van der Waals surface area contributed by atoms with E-state index in [1.54, 1.807) is 24.3 Å². The molecule has 2 N–H and O–H groups in total. The first kappa shape index (κ1) is 27.0. The molecule has 0 atom stereocenters. The first-order valence-electron chi connectivity index (χ1n) is 11.1. The molecule has 0 aromatic heterocycles. The van der Waals surface area contributed by atoms with E-state index in [1.807, 2.05) is 6.92 Å². The molecule has 0 radical (unpaired) electrons. The summed E-state index contributed by atoms with van der Waals surface area (Å²) >= 11 is 11.8. The van der Waals surface area contributed by atoms with Crippen LogP contribution in [0.3, 0.4) is 0 Å². The van der Waals surface area contributed by atoms with Crippen LogP contribution < -0.4 is 20.3 Å². The minimum Gasteiger partial charge on any atom is -0.494 e. The summed E-state index contributed by atoms with van der Waals surface area (Å²) < 4.78 is 44.8. The third kappa shape index (κ3) is 5.61. The van der Waals surface area contributed by atoms with Crippen molar-refractivity contribution < 1.29 is 32.3 Å². The van der Waals surface area contributed by atoms with Crippen LogP contribution in [0.2, 0.25) is 5.02 Å². The van der Waals surface area contributed by atoms with Gasteiger partial charge in [0.05, 0.1) is 22.9 Å². The zero-order valence-corrected chi connectivity index (χ0v) is 21.0. The Hall–Kier alpha value is -4.02. The highest BCUT2D eigenvalue weighted by Crippen LogP contribution is 2.36. The van der Waals surface area contributed by atoms with E-state index in [9.17, 15) is 27.6 Å². The second-order valence-electron chi connectivity index (χ2n) is 7.91. The van der Waals surface area contributed by atoms with Crippen LogP contribution in [0.5, 0.6) is 5.75 Å². The largest absolute Gasteiger partial charge is 0.494 e. The number of ether oxygens (including phenoxy) is 1. The van der Waals surface area contributed by atoms with Gasteiger partial charge in [0.15, 0.2) is 0 Å². The minimum absolute atomic E-state index is 0.0652. The van der Waals surface area contributed by atoms with Gasteiger partial charge in [-0.2, -0.15) is 13.2 Å². The van der Waals surface area contributed by atoms with E-state index >= 15 is 0 Å². The Morgan fingerprint density at radius 2 is 1.66 bits per heavy atom. The van der Waals surface area contributed by atoms with Crippen molar-refractivity contribution in [3.8, 4) is 5.75 Å². The van der Waals surface area contributed by atoms with Crippen molar-refractivity contribution >= 4 is 58.0 Å². The Kier molecular flexibility index (Phi) is 7.66. The lowest BCUT2D eigenvalue weighted by atomic mass is 10.1. The summed E-state index contributed by atoms with van der Waals surface area (Å²) in [5.41, 5.74) is -0.805. The Bertz CT molecular complexity index is 1460. The van der Waals surface area contributed by atoms with Gasteiger partial charge in [-0.15, -0.1) is 0 Å². The molecule has 196 valence electrons. The van der Waals surface area contributed by atoms with Crippen LogP contribution >= 0.6 is 23.2 Å². The Morgan fingerprint density at radius 3 is 2.32 bits per heavy atom. The van der Waals surface area contributed by atoms with E-state index in [2.05, 4.69) is 10.6 Å². The summed E-state index contributed by atoms with van der Waals surface area (Å²) in [4.78, 5) is 39.4. The second kappa shape index (κ2) is 10.8. The van der Waals surface area contributed by atoms with E-state index in [0.29, 0.717) is 12.4 Å². The topological polar surface area (TPSA) is 87.7 Å². The normalized spacial score (nSPS) is 13.7. The molecule has 7 nitrogen and oxygen atoms in total. The molecule has 12 heteroatoms. The smallest absolute Gasteiger partial charge is 0.417 e. The summed E-state index contributed by atoms with van der Waals surface area (Å²) in [7, 11) is 0. The molecule has 0 bridgehead atoms. The average Bonchev–Trinajstić information content (AvgIpc) is 3.08. The molecule has 1 heterocycles. The molecular weight excluding hydrogens is 546 g/mol. The SMILES string of the molecule is CCOc1ccc(N2C(=O)C(Cl)=C(Nc3cccc(C(=O)Nc4ccc(Cl)c(C(F)(F)F)c4)c3)C2=O)cc1. The predicted octanol–water partition coefficient (Wildman–Crippen LogP) is 6.45. The molecule has 4 rings (SSSR count). The number of hydrogen-bond donors (Lipinski definition) is 2. The number of nitrogens with zero attached hydrogens (tertiary/aromatic N) is 1. The first-order chi connectivity index (χ1) is 18.0. The van der Waals surface area contributed by atoms with E-state index in [0.717, 1.165) is 17.0 Å². The quantitative estimate of drug-likeness (QED) is 0.323. The van der Waals surface area contributed by atoms with Crippen LogP contribution in [-0.2, 0) is 15.8 Å². The molecule has 3 aromatic rings. The average molecular weight is 564 g/mol. The molecule has 1 aliphatic heterocycles. The Balaban J connectivity index is 1.51. The van der Waals surface area contributed by atoms with Gasteiger partial charge in [-0.25, -0.2) is 4.90 Å². The monoisotopic (exact) mass is 563 g/mol. The number of anilines is 3. The zero-order valence-electron chi connectivity index (χ0n) is 19.5. The number of alkyl halides is 3. The number of amides is 3. The zero-order chi connectivity index (χ0) is 27.6. The van der Waals surface area contributed by atoms with Gasteiger partial charge in [0, 0.05) is 16.9 Å². The van der Waals surface area contributed by atoms with E-state index < -0.39 is 34.5 Å². The minimum atomic E-state index is -4.70. The second-order valence-corrected chi connectivity index (χ2v) is 8.70. The maximum absolute atomic E-state index is 13.1. The van der Waals surface area contributed by atoms with Gasteiger partial charge in [-0.1, -0.05) is 29.3 Å². The molecule has 0 spiro atoms. The van der Waals surface area contributed by atoms with E-state index in [1.165, 1.54) is 30.3 Å². The van der Waals surface area contributed by atoms with Gasteiger partial charge in [0.2, 0.25) is 0 Å². The number of halogens is 5. The lowest BCUT2D eigenvalue weighted by Gasteiger charge is -2.16. The van der Waals surface area contributed by atoms with E-state index in [-0.39, 0.29) is 33.4 Å². The van der Waals surface area contributed by atoms with Crippen LogP contribution in [0.1, 0.15) is 22.8 Å². The summed E-state index contributed by atoms with van der Waals surface area (Å²) in [5, 5.41) is 4.30. The number of imide groups is 1. The third-order valence-corrected chi connectivity index (χ3v) is 6.04. The van der Waals surface area contributed by atoms with Crippen molar-refractivity contribution in [1.82, 2.24) is 0 Å². The summed E-state index contributed by atoms with van der Waals surface area (Å²) in [6.45, 7) is 2.27. The number of rotatable bonds is 7. The summed E-state index contributed by atoms with van der Waals surface area (Å²) in [6, 6.07) is 15.1. The predicted molar refractivity (Wildman–Crippen MR) is 137 cm³/mol. The molecule has 0 aliphatic carbocycles. The number of nitrogens with one attached hydrogen (secondary N) is 2. The Labute approximate surface area is 224 Å². The molecule has 1 aliphatic rings. The van der Waals surface area contributed by atoms with Crippen LogP contribution in [0, 0.1) is 0 Å². The fourth-order valence-corrected chi connectivity index (χ4v) is 4.05. The maximum Gasteiger partial charge on any atom is 0.417 e. The first-order valence-corrected chi connectivity index (χ1v) is 11.8. The highest BCUT2D eigenvalue weighted by molar-refractivity contribution is 6.53. The molecule has 0 saturated carbocycles. The van der Waals surface area contributed by atoms with Crippen molar-refractivity contribution in [2.24, 2.45) is 0 Å². The van der Waals surface area contributed by atoms with Crippen LogP contribution in [0.25, 0.3) is 0 Å². The number of carbonyl (C=O) groups is 3. The van der Waals surface area contributed by atoms with Gasteiger partial charge >= 0.3 is 6.18 Å². The molecule has 0 unspecified atom stereocenters. The summed E-state index contributed by atoms with van der Waals surface area (Å²) in [6.07, 6.45) is -4.70. The van der Waals surface area contributed by atoms with Crippen LogP contribution in [0.4, 0.5) is 30.2 Å². The fourth-order valence-electron chi connectivity index (χ4n) is 3.61. The molecule has 0 fully saturated rings. The van der Waals surface area contributed by atoms with Gasteiger partial charge in [0.25, 0.3) is 17.7 Å². The molecule has 3 amide bonds. The van der Waals surface area contributed by atoms with Gasteiger partial charge in [-0.05, 0) is 67.6 Å². The van der Waals surface area contributed by atoms with Crippen molar-refractivity contribution in [1.29, 1.82) is 0 Å². The molecule has 0 saturated heterocycles. The van der Waals surface area contributed by atoms with E-state index in [4.69, 9.17) is 27.9 Å². The van der Waals surface area contributed by atoms with Gasteiger partial charge < -0.3 is 15.4 Å². The van der Waals surface area contributed by atoms with Crippen molar-refractivity contribution in [2.45, 2.75) is 13.1 Å². The number of hydrogen-bond acceptors (Lipinski definition) is 5. The molecule has 38 heavy (non-hydrogen) atoms. The molecule has 3 aromatic carbocycles. The van der Waals surface area contributed by atoms with Crippen molar-refractivity contribution in [3.05, 3.63) is 93.6 Å². The fraction of sp³-hybridized carbons (Fsp3) is 0.115. The maximum atomic E-state index is 13.1. The van der Waals surface area contributed by atoms with Gasteiger partial charge in [0.1, 0.15) is 16.5 Å². The van der Waals surface area contributed by atoms with Gasteiger partial charge in [-0.3, -0.25) is 14.4 Å². The third-order valence-electron chi connectivity index (χ3n) is 5.36. The summed E-state index contributed by atoms with van der Waals surface area (Å²) in [5.74, 6) is -1.59. The number of carbonyl (C=O) groups excluding carboxylic acids is 3. The van der Waals surface area contributed by atoms with Crippen LogP contribution in [0.15, 0.2) is 77.5 Å². The number of benzene rings is 3. The molecular formula is C26H18Cl2F3N3O4. The lowest BCUT2D eigenvalue weighted by molar-refractivity contribution is -0.137. The highest BCUT2D eigenvalue weighted by atomic mass is 35.5. The Morgan fingerprint density at radius 1 is 0.947 bits per heavy atom. The van der Waals surface area contributed by atoms with Crippen molar-refractivity contribution in [2.75, 3.05) is 22.1 Å².